The standard InChI is InChI=1S/C22H24N6O3/c1-30-18-5-4-6-19(13-18)31-16-21(29)26-17-14-24-22(25-15-17)28-11-9-27(10-12-28)20-7-2-3-8-23-20/h2-8,13-15H,9-12,16H2,1H3,(H,26,29). The third kappa shape index (κ3) is 5.39. The van der Waals surface area contributed by atoms with E-state index in [2.05, 4.69) is 30.1 Å². The van der Waals surface area contributed by atoms with Crippen molar-refractivity contribution >= 4 is 23.4 Å². The van der Waals surface area contributed by atoms with Crippen LogP contribution in [0.15, 0.2) is 61.1 Å². The van der Waals surface area contributed by atoms with Crippen LogP contribution in [0.3, 0.4) is 0 Å². The average Bonchev–Trinajstić information content (AvgIpc) is 2.84. The molecule has 9 nitrogen and oxygen atoms in total. The summed E-state index contributed by atoms with van der Waals surface area (Å²) in [4.78, 5) is 29.7. The molecule has 1 saturated heterocycles. The Hall–Kier alpha value is -3.88. The van der Waals surface area contributed by atoms with Crippen LogP contribution in [0.2, 0.25) is 0 Å². The van der Waals surface area contributed by atoms with E-state index in [0.717, 1.165) is 32.0 Å². The lowest BCUT2D eigenvalue weighted by Gasteiger charge is -2.35. The summed E-state index contributed by atoms with van der Waals surface area (Å²) in [6, 6.07) is 13.0. The minimum atomic E-state index is -0.289. The number of benzene rings is 1. The molecule has 0 saturated carbocycles. The third-order valence-corrected chi connectivity index (χ3v) is 4.87. The zero-order valence-electron chi connectivity index (χ0n) is 17.3. The van der Waals surface area contributed by atoms with Gasteiger partial charge in [-0.1, -0.05) is 12.1 Å². The van der Waals surface area contributed by atoms with Crippen molar-refractivity contribution in [3.63, 3.8) is 0 Å². The first-order chi connectivity index (χ1) is 15.2. The summed E-state index contributed by atoms with van der Waals surface area (Å²) in [5.41, 5.74) is 0.523. The normalized spacial score (nSPS) is 13.6. The first-order valence-corrected chi connectivity index (χ1v) is 10.0. The van der Waals surface area contributed by atoms with E-state index in [1.54, 1.807) is 43.9 Å². The second-order valence-electron chi connectivity index (χ2n) is 6.95. The van der Waals surface area contributed by atoms with Crippen molar-refractivity contribution in [1.29, 1.82) is 0 Å². The Kier molecular flexibility index (Phi) is 6.41. The number of hydrogen-bond acceptors (Lipinski definition) is 8. The predicted molar refractivity (Wildman–Crippen MR) is 118 cm³/mol. The first-order valence-electron chi connectivity index (χ1n) is 10.0. The number of anilines is 3. The Morgan fingerprint density at radius 3 is 2.42 bits per heavy atom. The predicted octanol–water partition coefficient (Wildman–Crippen LogP) is 2.22. The van der Waals surface area contributed by atoms with Crippen molar-refractivity contribution in [3.05, 3.63) is 61.1 Å². The number of methoxy groups -OCH3 is 1. The molecule has 0 spiro atoms. The summed E-state index contributed by atoms with van der Waals surface area (Å²) in [5, 5.41) is 2.74. The highest BCUT2D eigenvalue weighted by Gasteiger charge is 2.19. The van der Waals surface area contributed by atoms with Crippen molar-refractivity contribution in [2.45, 2.75) is 0 Å². The van der Waals surface area contributed by atoms with E-state index in [9.17, 15) is 4.79 Å². The van der Waals surface area contributed by atoms with Crippen molar-refractivity contribution in [1.82, 2.24) is 15.0 Å². The number of carbonyl (C=O) groups is 1. The Morgan fingerprint density at radius 1 is 0.968 bits per heavy atom. The Labute approximate surface area is 180 Å². The zero-order valence-corrected chi connectivity index (χ0v) is 17.3. The molecule has 1 aliphatic heterocycles. The van der Waals surface area contributed by atoms with Crippen LogP contribution in [-0.2, 0) is 4.79 Å². The topological polar surface area (TPSA) is 92.7 Å². The van der Waals surface area contributed by atoms with E-state index in [1.807, 2.05) is 24.3 Å². The smallest absolute Gasteiger partial charge is 0.262 e. The Bertz CT molecular complexity index is 992. The van der Waals surface area contributed by atoms with Crippen LogP contribution in [0.5, 0.6) is 11.5 Å². The minimum Gasteiger partial charge on any atom is -0.497 e. The van der Waals surface area contributed by atoms with E-state index in [0.29, 0.717) is 23.1 Å². The van der Waals surface area contributed by atoms with Crippen molar-refractivity contribution in [2.24, 2.45) is 0 Å². The first kappa shape index (κ1) is 20.4. The van der Waals surface area contributed by atoms with Crippen LogP contribution in [0.25, 0.3) is 0 Å². The molecule has 0 bridgehead atoms. The number of aromatic nitrogens is 3. The second-order valence-corrected chi connectivity index (χ2v) is 6.95. The fourth-order valence-corrected chi connectivity index (χ4v) is 3.26. The monoisotopic (exact) mass is 420 g/mol. The van der Waals surface area contributed by atoms with E-state index in [-0.39, 0.29) is 12.5 Å². The van der Waals surface area contributed by atoms with Gasteiger partial charge < -0.3 is 24.6 Å². The van der Waals surface area contributed by atoms with Gasteiger partial charge in [-0.15, -0.1) is 0 Å². The fourth-order valence-electron chi connectivity index (χ4n) is 3.26. The number of hydrogen-bond donors (Lipinski definition) is 1. The van der Waals surface area contributed by atoms with Crippen molar-refractivity contribution in [2.75, 3.05) is 55.0 Å². The Balaban J connectivity index is 1.26. The molecule has 1 aliphatic rings. The van der Waals surface area contributed by atoms with Gasteiger partial charge >= 0.3 is 0 Å². The lowest BCUT2D eigenvalue weighted by Crippen LogP contribution is -2.47. The highest BCUT2D eigenvalue weighted by Crippen LogP contribution is 2.19. The van der Waals surface area contributed by atoms with Gasteiger partial charge in [-0.05, 0) is 24.3 Å². The van der Waals surface area contributed by atoms with Gasteiger partial charge in [0.2, 0.25) is 5.95 Å². The zero-order chi connectivity index (χ0) is 21.5. The number of carbonyl (C=O) groups excluding carboxylic acids is 1. The van der Waals surface area contributed by atoms with Crippen LogP contribution in [-0.4, -0.2) is 60.8 Å². The molecule has 0 aliphatic carbocycles. The summed E-state index contributed by atoms with van der Waals surface area (Å²) in [6.45, 7) is 3.18. The maximum absolute atomic E-state index is 12.2. The molecule has 2 aromatic heterocycles. The molecule has 3 heterocycles. The summed E-state index contributed by atoms with van der Waals surface area (Å²) in [7, 11) is 1.58. The van der Waals surface area contributed by atoms with Crippen LogP contribution in [0.4, 0.5) is 17.5 Å². The van der Waals surface area contributed by atoms with Gasteiger partial charge in [0.15, 0.2) is 6.61 Å². The number of rotatable bonds is 7. The van der Waals surface area contributed by atoms with Crippen molar-refractivity contribution in [3.8, 4) is 11.5 Å². The molecular weight excluding hydrogens is 396 g/mol. The van der Waals surface area contributed by atoms with Gasteiger partial charge in [-0.2, -0.15) is 0 Å². The number of ether oxygens (including phenoxy) is 2. The molecule has 1 fully saturated rings. The molecular formula is C22H24N6O3. The fraction of sp³-hybridized carbons (Fsp3) is 0.273. The number of amides is 1. The summed E-state index contributed by atoms with van der Waals surface area (Å²) in [5.74, 6) is 2.57. The average molecular weight is 420 g/mol. The van der Waals surface area contributed by atoms with Crippen LogP contribution >= 0.6 is 0 Å². The summed E-state index contributed by atoms with van der Waals surface area (Å²) < 4.78 is 10.6. The number of piperazine rings is 1. The molecule has 31 heavy (non-hydrogen) atoms. The van der Waals surface area contributed by atoms with E-state index in [4.69, 9.17) is 9.47 Å². The molecule has 1 amide bonds. The molecule has 0 unspecified atom stereocenters. The molecule has 0 radical (unpaired) electrons. The van der Waals surface area contributed by atoms with E-state index < -0.39 is 0 Å². The molecule has 4 rings (SSSR count). The van der Waals surface area contributed by atoms with Gasteiger partial charge in [0.05, 0.1) is 25.2 Å². The Morgan fingerprint density at radius 2 is 1.71 bits per heavy atom. The number of nitrogens with zero attached hydrogens (tertiary/aromatic N) is 5. The molecule has 0 atom stereocenters. The quantitative estimate of drug-likeness (QED) is 0.622. The van der Waals surface area contributed by atoms with Crippen LogP contribution in [0.1, 0.15) is 0 Å². The van der Waals surface area contributed by atoms with Gasteiger partial charge in [0.1, 0.15) is 17.3 Å². The van der Waals surface area contributed by atoms with Crippen LogP contribution < -0.4 is 24.6 Å². The van der Waals surface area contributed by atoms with Crippen molar-refractivity contribution < 1.29 is 14.3 Å². The summed E-state index contributed by atoms with van der Waals surface area (Å²) in [6.07, 6.45) is 5.02. The van der Waals surface area contributed by atoms with E-state index in [1.165, 1.54) is 0 Å². The number of nitrogens with one attached hydrogen (secondary N) is 1. The molecule has 1 aromatic carbocycles. The summed E-state index contributed by atoms with van der Waals surface area (Å²) >= 11 is 0. The largest absolute Gasteiger partial charge is 0.497 e. The van der Waals surface area contributed by atoms with Gasteiger partial charge in [-0.25, -0.2) is 15.0 Å². The molecule has 3 aromatic rings. The number of pyridine rings is 1. The lowest BCUT2D eigenvalue weighted by molar-refractivity contribution is -0.118. The maximum atomic E-state index is 12.2. The van der Waals surface area contributed by atoms with E-state index >= 15 is 0 Å². The highest BCUT2D eigenvalue weighted by molar-refractivity contribution is 5.91. The van der Waals surface area contributed by atoms with Crippen LogP contribution in [0, 0.1) is 0 Å². The lowest BCUT2D eigenvalue weighted by atomic mass is 10.3. The maximum Gasteiger partial charge on any atom is 0.262 e. The van der Waals surface area contributed by atoms with Gasteiger partial charge in [0.25, 0.3) is 5.91 Å². The SMILES string of the molecule is COc1cccc(OCC(=O)Nc2cnc(N3CCN(c4ccccn4)CC3)nc2)c1. The molecule has 1 N–H and O–H groups in total. The second kappa shape index (κ2) is 9.75. The highest BCUT2D eigenvalue weighted by atomic mass is 16.5. The van der Waals surface area contributed by atoms with Gasteiger partial charge in [-0.3, -0.25) is 4.79 Å². The molecule has 9 heteroatoms. The third-order valence-electron chi connectivity index (χ3n) is 4.87. The van der Waals surface area contributed by atoms with Gasteiger partial charge in [0, 0.05) is 38.4 Å². The molecule has 160 valence electrons. The minimum absolute atomic E-state index is 0.121.